The molecule has 6 nitrogen and oxygen atoms in total. The van der Waals surface area contributed by atoms with E-state index in [9.17, 15) is 9.59 Å². The standard InChI is InChI=1S/C10H13NO5/c1-10(2,8(12)13)11-9(14)16-6-7-4-3-5-15-7/h3-5H,6H2,1-2H3,(H,11,14)(H,12,13). The van der Waals surface area contributed by atoms with Crippen LogP contribution >= 0.6 is 0 Å². The molecule has 88 valence electrons. The van der Waals surface area contributed by atoms with Gasteiger partial charge in [0.25, 0.3) is 0 Å². The summed E-state index contributed by atoms with van der Waals surface area (Å²) in [6, 6.07) is 3.31. The summed E-state index contributed by atoms with van der Waals surface area (Å²) in [6.07, 6.45) is 0.654. The Hall–Kier alpha value is -1.98. The number of furan rings is 1. The van der Waals surface area contributed by atoms with E-state index in [4.69, 9.17) is 14.3 Å². The van der Waals surface area contributed by atoms with Gasteiger partial charge in [0.15, 0.2) is 6.61 Å². The largest absolute Gasteiger partial charge is 0.480 e. The average molecular weight is 227 g/mol. The number of nitrogens with one attached hydrogen (secondary N) is 1. The molecule has 0 aliphatic rings. The Morgan fingerprint density at radius 2 is 2.25 bits per heavy atom. The van der Waals surface area contributed by atoms with Gasteiger partial charge in [-0.2, -0.15) is 0 Å². The van der Waals surface area contributed by atoms with E-state index < -0.39 is 17.6 Å². The lowest BCUT2D eigenvalue weighted by Crippen LogP contribution is -2.49. The first-order chi connectivity index (χ1) is 7.42. The lowest BCUT2D eigenvalue weighted by Gasteiger charge is -2.20. The van der Waals surface area contributed by atoms with E-state index in [2.05, 4.69) is 5.32 Å². The van der Waals surface area contributed by atoms with Gasteiger partial charge < -0.3 is 19.6 Å². The van der Waals surface area contributed by atoms with E-state index in [0.717, 1.165) is 0 Å². The number of rotatable bonds is 4. The molecule has 0 aromatic carbocycles. The summed E-state index contributed by atoms with van der Waals surface area (Å²) in [6.45, 7) is 2.70. The predicted octanol–water partition coefficient (Wildman–Crippen LogP) is 1.37. The van der Waals surface area contributed by atoms with Crippen LogP contribution in [-0.4, -0.2) is 22.7 Å². The quantitative estimate of drug-likeness (QED) is 0.810. The zero-order chi connectivity index (χ0) is 12.2. The van der Waals surface area contributed by atoms with E-state index in [-0.39, 0.29) is 6.61 Å². The maximum absolute atomic E-state index is 11.2. The minimum atomic E-state index is -1.36. The molecule has 0 spiro atoms. The maximum Gasteiger partial charge on any atom is 0.408 e. The van der Waals surface area contributed by atoms with Gasteiger partial charge in [0.05, 0.1) is 6.26 Å². The number of amides is 1. The molecule has 0 atom stereocenters. The Kier molecular flexibility index (Phi) is 3.55. The summed E-state index contributed by atoms with van der Waals surface area (Å²) in [7, 11) is 0. The second kappa shape index (κ2) is 4.69. The summed E-state index contributed by atoms with van der Waals surface area (Å²) in [5.74, 6) is -0.647. The van der Waals surface area contributed by atoms with Crippen LogP contribution in [0.4, 0.5) is 4.79 Å². The van der Waals surface area contributed by atoms with Crippen LogP contribution in [-0.2, 0) is 16.1 Å². The normalized spacial score (nSPS) is 10.9. The molecule has 0 fully saturated rings. The first-order valence-corrected chi connectivity index (χ1v) is 4.62. The van der Waals surface area contributed by atoms with Crippen LogP contribution < -0.4 is 5.32 Å². The summed E-state index contributed by atoms with van der Waals surface area (Å²) in [4.78, 5) is 21.9. The van der Waals surface area contributed by atoms with Gasteiger partial charge in [-0.1, -0.05) is 0 Å². The highest BCUT2D eigenvalue weighted by molar-refractivity contribution is 5.83. The molecule has 0 radical (unpaired) electrons. The number of alkyl carbamates (subject to hydrolysis) is 1. The first kappa shape index (κ1) is 12.1. The molecule has 0 saturated carbocycles. The van der Waals surface area contributed by atoms with E-state index in [1.165, 1.54) is 20.1 Å². The van der Waals surface area contributed by atoms with Crippen LogP contribution in [0.15, 0.2) is 22.8 Å². The zero-order valence-electron chi connectivity index (χ0n) is 9.02. The van der Waals surface area contributed by atoms with Gasteiger partial charge in [0.2, 0.25) is 0 Å². The Labute approximate surface area is 92.2 Å². The fourth-order valence-electron chi connectivity index (χ4n) is 0.876. The molecule has 0 aliphatic carbocycles. The summed E-state index contributed by atoms with van der Waals surface area (Å²) < 4.78 is 9.71. The van der Waals surface area contributed by atoms with Gasteiger partial charge in [-0.25, -0.2) is 9.59 Å². The molecular weight excluding hydrogens is 214 g/mol. The number of carboxylic acids is 1. The smallest absolute Gasteiger partial charge is 0.408 e. The molecule has 2 N–H and O–H groups in total. The second-order valence-corrected chi connectivity index (χ2v) is 3.71. The fourth-order valence-corrected chi connectivity index (χ4v) is 0.876. The van der Waals surface area contributed by atoms with Crippen molar-refractivity contribution in [1.82, 2.24) is 5.32 Å². The van der Waals surface area contributed by atoms with Crippen LogP contribution in [0.1, 0.15) is 19.6 Å². The van der Waals surface area contributed by atoms with Crippen molar-refractivity contribution in [2.75, 3.05) is 0 Å². The summed E-state index contributed by atoms with van der Waals surface area (Å²) >= 11 is 0. The van der Waals surface area contributed by atoms with Gasteiger partial charge in [-0.05, 0) is 26.0 Å². The van der Waals surface area contributed by atoms with Gasteiger partial charge in [-0.3, -0.25) is 0 Å². The molecule has 0 saturated heterocycles. The molecule has 1 heterocycles. The Bertz CT molecular complexity index is 369. The highest BCUT2D eigenvalue weighted by atomic mass is 16.6. The number of hydrogen-bond acceptors (Lipinski definition) is 4. The molecule has 1 aromatic rings. The lowest BCUT2D eigenvalue weighted by atomic mass is 10.1. The second-order valence-electron chi connectivity index (χ2n) is 3.71. The molecule has 0 unspecified atom stereocenters. The minimum absolute atomic E-state index is 0.0332. The van der Waals surface area contributed by atoms with Crippen LogP contribution in [0.25, 0.3) is 0 Å². The van der Waals surface area contributed by atoms with Crippen molar-refractivity contribution in [3.63, 3.8) is 0 Å². The maximum atomic E-state index is 11.2. The monoisotopic (exact) mass is 227 g/mol. The van der Waals surface area contributed by atoms with E-state index >= 15 is 0 Å². The van der Waals surface area contributed by atoms with Crippen molar-refractivity contribution in [1.29, 1.82) is 0 Å². The van der Waals surface area contributed by atoms with Gasteiger partial charge in [-0.15, -0.1) is 0 Å². The van der Waals surface area contributed by atoms with E-state index in [1.807, 2.05) is 0 Å². The average Bonchev–Trinajstić information content (AvgIpc) is 2.66. The van der Waals surface area contributed by atoms with Crippen molar-refractivity contribution in [2.24, 2.45) is 0 Å². The third kappa shape index (κ3) is 3.30. The van der Waals surface area contributed by atoms with E-state index in [1.54, 1.807) is 12.1 Å². The molecule has 0 bridgehead atoms. The molecule has 6 heteroatoms. The minimum Gasteiger partial charge on any atom is -0.480 e. The fraction of sp³-hybridized carbons (Fsp3) is 0.400. The molecule has 1 amide bonds. The van der Waals surface area contributed by atoms with Gasteiger partial charge >= 0.3 is 12.1 Å². The third-order valence-electron chi connectivity index (χ3n) is 1.87. The SMILES string of the molecule is CC(C)(NC(=O)OCc1ccco1)C(=O)O. The van der Waals surface area contributed by atoms with Gasteiger partial charge in [0.1, 0.15) is 11.3 Å². The van der Waals surface area contributed by atoms with Crippen LogP contribution in [0.2, 0.25) is 0 Å². The van der Waals surface area contributed by atoms with Crippen molar-refractivity contribution in [2.45, 2.75) is 26.0 Å². The Morgan fingerprint density at radius 3 is 2.75 bits per heavy atom. The van der Waals surface area contributed by atoms with E-state index in [0.29, 0.717) is 5.76 Å². The first-order valence-electron chi connectivity index (χ1n) is 4.62. The number of carbonyl (C=O) groups is 2. The number of carboxylic acid groups (broad SMARTS) is 1. The molecular formula is C10H13NO5. The highest BCUT2D eigenvalue weighted by Crippen LogP contribution is 2.05. The Morgan fingerprint density at radius 1 is 1.56 bits per heavy atom. The van der Waals surface area contributed by atoms with Crippen molar-refractivity contribution >= 4 is 12.1 Å². The summed E-state index contributed by atoms with van der Waals surface area (Å²) in [5.41, 5.74) is -1.36. The number of hydrogen-bond donors (Lipinski definition) is 2. The van der Waals surface area contributed by atoms with Crippen molar-refractivity contribution < 1.29 is 23.8 Å². The van der Waals surface area contributed by atoms with Gasteiger partial charge in [0, 0.05) is 0 Å². The van der Waals surface area contributed by atoms with Crippen LogP contribution in [0.3, 0.4) is 0 Å². The zero-order valence-corrected chi connectivity index (χ0v) is 9.02. The topological polar surface area (TPSA) is 88.8 Å². The van der Waals surface area contributed by atoms with Crippen molar-refractivity contribution in [3.8, 4) is 0 Å². The van der Waals surface area contributed by atoms with Crippen LogP contribution in [0.5, 0.6) is 0 Å². The molecule has 1 aromatic heterocycles. The highest BCUT2D eigenvalue weighted by Gasteiger charge is 2.29. The Balaban J connectivity index is 2.39. The number of carbonyl (C=O) groups excluding carboxylic acids is 1. The molecule has 0 aliphatic heterocycles. The predicted molar refractivity (Wildman–Crippen MR) is 53.7 cm³/mol. The van der Waals surface area contributed by atoms with Crippen molar-refractivity contribution in [3.05, 3.63) is 24.2 Å². The summed E-state index contributed by atoms with van der Waals surface area (Å²) in [5, 5.41) is 11.0. The number of aliphatic carboxylic acids is 1. The lowest BCUT2D eigenvalue weighted by molar-refractivity contribution is -0.143. The van der Waals surface area contributed by atoms with Crippen LogP contribution in [0, 0.1) is 0 Å². The molecule has 16 heavy (non-hydrogen) atoms. The molecule has 1 rings (SSSR count). The third-order valence-corrected chi connectivity index (χ3v) is 1.87. The number of ether oxygens (including phenoxy) is 1.